The van der Waals surface area contributed by atoms with E-state index in [2.05, 4.69) is 4.89 Å². The van der Waals surface area contributed by atoms with Crippen LogP contribution in [0, 0.1) is 6.92 Å². The van der Waals surface area contributed by atoms with Gasteiger partial charge in [-0.2, -0.15) is 4.89 Å². The molecule has 11 heavy (non-hydrogen) atoms. The van der Waals surface area contributed by atoms with E-state index in [4.69, 9.17) is 16.5 Å². The van der Waals surface area contributed by atoms with E-state index in [0.717, 1.165) is 5.56 Å². The maximum atomic E-state index is 5.81. The maximum absolute atomic E-state index is 5.81. The van der Waals surface area contributed by atoms with Gasteiger partial charge in [-0.25, -0.2) is 0 Å². The van der Waals surface area contributed by atoms with E-state index in [1.54, 1.807) is 12.1 Å². The van der Waals surface area contributed by atoms with Crippen molar-refractivity contribution in [2.24, 2.45) is 0 Å². The van der Waals surface area contributed by atoms with Crippen molar-refractivity contribution in [2.45, 2.75) is 6.92 Å². The lowest BCUT2D eigenvalue weighted by Crippen LogP contribution is -1.90. The quantitative estimate of drug-likeness (QED) is 0.504. The first-order valence-corrected chi connectivity index (χ1v) is 3.58. The zero-order valence-corrected chi connectivity index (χ0v) is 7.18. The van der Waals surface area contributed by atoms with Gasteiger partial charge in [-0.1, -0.05) is 17.7 Å². The molecule has 0 bridgehead atoms. The second-order valence-corrected chi connectivity index (χ2v) is 2.57. The van der Waals surface area contributed by atoms with Crippen molar-refractivity contribution in [3.05, 3.63) is 28.8 Å². The van der Waals surface area contributed by atoms with Crippen molar-refractivity contribution in [3.63, 3.8) is 0 Å². The molecule has 3 heteroatoms. The molecule has 1 aromatic carbocycles. The number of aryl methyl sites for hydroxylation is 1. The molecule has 0 fully saturated rings. The third kappa shape index (κ3) is 2.10. The normalized spacial score (nSPS) is 9.73. The van der Waals surface area contributed by atoms with E-state index in [1.165, 1.54) is 7.11 Å². The Hall–Kier alpha value is -0.730. The van der Waals surface area contributed by atoms with Gasteiger partial charge in [0.1, 0.15) is 0 Å². The summed E-state index contributed by atoms with van der Waals surface area (Å²) in [5.74, 6) is 0.614. The number of hydrogen-bond donors (Lipinski definition) is 0. The van der Waals surface area contributed by atoms with Crippen LogP contribution in [0.25, 0.3) is 0 Å². The molecular weight excluding hydrogens is 164 g/mol. The van der Waals surface area contributed by atoms with Crippen molar-refractivity contribution < 1.29 is 9.78 Å². The average Bonchev–Trinajstić information content (AvgIpc) is 1.98. The molecular formula is C8H9ClO2. The number of halogens is 1. The van der Waals surface area contributed by atoms with Crippen LogP contribution in [0.2, 0.25) is 5.02 Å². The summed E-state index contributed by atoms with van der Waals surface area (Å²) in [6.45, 7) is 1.93. The lowest BCUT2D eigenvalue weighted by molar-refractivity contribution is -0.178. The van der Waals surface area contributed by atoms with Crippen LogP contribution < -0.4 is 4.89 Å². The zero-order chi connectivity index (χ0) is 8.27. The van der Waals surface area contributed by atoms with Crippen molar-refractivity contribution >= 4 is 11.6 Å². The van der Waals surface area contributed by atoms with E-state index < -0.39 is 0 Å². The van der Waals surface area contributed by atoms with Gasteiger partial charge in [0.15, 0.2) is 5.75 Å². The van der Waals surface area contributed by atoms with Gasteiger partial charge in [-0.3, -0.25) is 0 Å². The first-order chi connectivity index (χ1) is 5.24. The molecule has 0 heterocycles. The summed E-state index contributed by atoms with van der Waals surface area (Å²) in [5.41, 5.74) is 1.02. The molecule has 2 nitrogen and oxygen atoms in total. The average molecular weight is 173 g/mol. The molecule has 0 spiro atoms. The number of rotatable bonds is 2. The third-order valence-electron chi connectivity index (χ3n) is 1.32. The fraction of sp³-hybridized carbons (Fsp3) is 0.250. The van der Waals surface area contributed by atoms with E-state index >= 15 is 0 Å². The summed E-state index contributed by atoms with van der Waals surface area (Å²) >= 11 is 5.81. The van der Waals surface area contributed by atoms with Crippen LogP contribution in [0.4, 0.5) is 0 Å². The SMILES string of the molecule is COOc1ccc(C)c(Cl)c1. The van der Waals surface area contributed by atoms with Crippen molar-refractivity contribution in [3.8, 4) is 5.75 Å². The minimum absolute atomic E-state index is 0.614. The van der Waals surface area contributed by atoms with Crippen LogP contribution in [-0.2, 0) is 4.89 Å². The van der Waals surface area contributed by atoms with Crippen LogP contribution >= 0.6 is 11.6 Å². The minimum Gasteiger partial charge on any atom is -0.338 e. The minimum atomic E-state index is 0.614. The fourth-order valence-electron chi connectivity index (χ4n) is 0.722. The topological polar surface area (TPSA) is 18.5 Å². The lowest BCUT2D eigenvalue weighted by Gasteiger charge is -2.01. The monoisotopic (exact) mass is 172 g/mol. The van der Waals surface area contributed by atoms with Crippen LogP contribution in [0.1, 0.15) is 5.56 Å². The standard InChI is InChI=1S/C8H9ClO2/c1-6-3-4-7(11-10-2)5-8(6)9/h3-5H,1-2H3. The molecule has 0 aliphatic rings. The summed E-state index contributed by atoms with van der Waals surface area (Å²) in [6.07, 6.45) is 0. The zero-order valence-electron chi connectivity index (χ0n) is 6.43. The Balaban J connectivity index is 2.86. The van der Waals surface area contributed by atoms with E-state index in [-0.39, 0.29) is 0 Å². The van der Waals surface area contributed by atoms with Gasteiger partial charge in [-0.15, -0.1) is 0 Å². The predicted octanol–water partition coefficient (Wildman–Crippen LogP) is 2.59. The number of benzene rings is 1. The summed E-state index contributed by atoms with van der Waals surface area (Å²) in [4.78, 5) is 9.22. The second-order valence-electron chi connectivity index (χ2n) is 2.16. The highest BCUT2D eigenvalue weighted by Crippen LogP contribution is 2.21. The highest BCUT2D eigenvalue weighted by atomic mass is 35.5. The van der Waals surface area contributed by atoms with Crippen LogP contribution in [-0.4, -0.2) is 7.11 Å². The highest BCUT2D eigenvalue weighted by Gasteiger charge is 1.97. The fourth-order valence-corrected chi connectivity index (χ4v) is 0.892. The lowest BCUT2D eigenvalue weighted by atomic mass is 10.2. The first-order valence-electron chi connectivity index (χ1n) is 3.21. The molecule has 0 aliphatic carbocycles. The van der Waals surface area contributed by atoms with Crippen LogP contribution in [0.5, 0.6) is 5.75 Å². The molecule has 0 radical (unpaired) electrons. The second kappa shape index (κ2) is 3.60. The molecule has 0 saturated carbocycles. The van der Waals surface area contributed by atoms with Gasteiger partial charge in [-0.05, 0) is 18.6 Å². The molecule has 0 aromatic heterocycles. The number of hydrogen-bond acceptors (Lipinski definition) is 2. The Morgan fingerprint density at radius 2 is 2.09 bits per heavy atom. The summed E-state index contributed by atoms with van der Waals surface area (Å²) in [6, 6.07) is 5.38. The molecule has 0 saturated heterocycles. The molecule has 0 aliphatic heterocycles. The molecule has 1 rings (SSSR count). The molecule has 1 aromatic rings. The summed E-state index contributed by atoms with van der Waals surface area (Å²) in [7, 11) is 1.45. The van der Waals surface area contributed by atoms with Gasteiger partial charge in [0, 0.05) is 11.1 Å². The molecule has 0 atom stereocenters. The van der Waals surface area contributed by atoms with Crippen LogP contribution in [0.15, 0.2) is 18.2 Å². The maximum Gasteiger partial charge on any atom is 0.166 e. The molecule has 60 valence electrons. The summed E-state index contributed by atoms with van der Waals surface area (Å²) < 4.78 is 0. The van der Waals surface area contributed by atoms with Crippen molar-refractivity contribution in [1.29, 1.82) is 0 Å². The van der Waals surface area contributed by atoms with E-state index in [1.807, 2.05) is 13.0 Å². The van der Waals surface area contributed by atoms with Gasteiger partial charge >= 0.3 is 0 Å². The smallest absolute Gasteiger partial charge is 0.166 e. The highest BCUT2D eigenvalue weighted by molar-refractivity contribution is 6.31. The first kappa shape index (κ1) is 8.37. The van der Waals surface area contributed by atoms with Gasteiger partial charge in [0.2, 0.25) is 0 Å². The Bertz CT molecular complexity index is 248. The van der Waals surface area contributed by atoms with Gasteiger partial charge < -0.3 is 4.89 Å². The molecule has 0 unspecified atom stereocenters. The predicted molar refractivity (Wildman–Crippen MR) is 43.8 cm³/mol. The van der Waals surface area contributed by atoms with E-state index in [9.17, 15) is 0 Å². The van der Waals surface area contributed by atoms with Gasteiger partial charge in [0.05, 0.1) is 7.11 Å². The largest absolute Gasteiger partial charge is 0.338 e. The van der Waals surface area contributed by atoms with E-state index in [0.29, 0.717) is 10.8 Å². The Morgan fingerprint density at radius 3 is 2.64 bits per heavy atom. The van der Waals surface area contributed by atoms with Crippen LogP contribution in [0.3, 0.4) is 0 Å². The Morgan fingerprint density at radius 1 is 1.36 bits per heavy atom. The summed E-state index contributed by atoms with van der Waals surface area (Å²) in [5, 5.41) is 0.680. The third-order valence-corrected chi connectivity index (χ3v) is 1.73. The Kier molecular flexibility index (Phi) is 2.74. The molecule has 0 N–H and O–H groups in total. The van der Waals surface area contributed by atoms with Crippen molar-refractivity contribution in [1.82, 2.24) is 0 Å². The Labute approximate surface area is 70.6 Å². The van der Waals surface area contributed by atoms with Crippen molar-refractivity contribution in [2.75, 3.05) is 7.11 Å². The molecule has 0 amide bonds. The van der Waals surface area contributed by atoms with Gasteiger partial charge in [0.25, 0.3) is 0 Å².